The van der Waals surface area contributed by atoms with Gasteiger partial charge in [0.1, 0.15) is 11.3 Å². The first-order chi connectivity index (χ1) is 8.18. The van der Waals surface area contributed by atoms with Crippen LogP contribution in [-0.2, 0) is 0 Å². The zero-order valence-corrected chi connectivity index (χ0v) is 9.12. The minimum absolute atomic E-state index is 0.0798. The SMILES string of the molecule is Cc1cnccc1Oc1cnccc1C(=O)O. The number of hydrogen-bond acceptors (Lipinski definition) is 4. The number of carbonyl (C=O) groups is 1. The van der Waals surface area contributed by atoms with Crippen LogP contribution in [0.4, 0.5) is 0 Å². The van der Waals surface area contributed by atoms with Gasteiger partial charge < -0.3 is 9.84 Å². The van der Waals surface area contributed by atoms with E-state index in [-0.39, 0.29) is 11.3 Å². The van der Waals surface area contributed by atoms with Gasteiger partial charge in [0.05, 0.1) is 6.20 Å². The molecule has 5 nitrogen and oxygen atoms in total. The van der Waals surface area contributed by atoms with E-state index in [4.69, 9.17) is 9.84 Å². The van der Waals surface area contributed by atoms with Gasteiger partial charge in [-0.25, -0.2) is 4.79 Å². The Hall–Kier alpha value is -2.43. The molecule has 0 bridgehead atoms. The van der Waals surface area contributed by atoms with Gasteiger partial charge in [-0.1, -0.05) is 0 Å². The molecule has 2 rings (SSSR count). The maximum absolute atomic E-state index is 11.0. The van der Waals surface area contributed by atoms with E-state index < -0.39 is 5.97 Å². The number of pyridine rings is 2. The molecule has 0 aliphatic heterocycles. The molecule has 0 saturated heterocycles. The van der Waals surface area contributed by atoms with Crippen molar-refractivity contribution in [1.82, 2.24) is 9.97 Å². The second-order valence-electron chi connectivity index (χ2n) is 3.42. The van der Waals surface area contributed by atoms with Crippen LogP contribution < -0.4 is 4.74 Å². The van der Waals surface area contributed by atoms with Crippen molar-refractivity contribution >= 4 is 5.97 Å². The third-order valence-electron chi connectivity index (χ3n) is 2.20. The third-order valence-corrected chi connectivity index (χ3v) is 2.20. The highest BCUT2D eigenvalue weighted by atomic mass is 16.5. The molecule has 2 aromatic heterocycles. The number of carboxylic acids is 1. The predicted molar refractivity (Wildman–Crippen MR) is 60.2 cm³/mol. The minimum atomic E-state index is -1.05. The van der Waals surface area contributed by atoms with Gasteiger partial charge in [-0.15, -0.1) is 0 Å². The minimum Gasteiger partial charge on any atom is -0.478 e. The normalized spacial score (nSPS) is 9.94. The maximum atomic E-state index is 11.0. The van der Waals surface area contributed by atoms with E-state index in [1.165, 1.54) is 18.5 Å². The lowest BCUT2D eigenvalue weighted by atomic mass is 10.2. The number of carboxylic acid groups (broad SMARTS) is 1. The highest BCUT2D eigenvalue weighted by Gasteiger charge is 2.12. The fourth-order valence-electron chi connectivity index (χ4n) is 1.33. The summed E-state index contributed by atoms with van der Waals surface area (Å²) in [5, 5.41) is 8.99. The predicted octanol–water partition coefficient (Wildman–Crippen LogP) is 2.28. The van der Waals surface area contributed by atoms with E-state index >= 15 is 0 Å². The zero-order valence-electron chi connectivity index (χ0n) is 9.12. The number of rotatable bonds is 3. The van der Waals surface area contributed by atoms with Crippen molar-refractivity contribution in [3.05, 3.63) is 48.0 Å². The Balaban J connectivity index is 2.37. The van der Waals surface area contributed by atoms with Crippen LogP contribution in [0.2, 0.25) is 0 Å². The molecule has 0 spiro atoms. The van der Waals surface area contributed by atoms with Crippen molar-refractivity contribution < 1.29 is 14.6 Å². The van der Waals surface area contributed by atoms with E-state index in [9.17, 15) is 4.79 Å². The Kier molecular flexibility index (Phi) is 3.00. The molecule has 0 fully saturated rings. The van der Waals surface area contributed by atoms with Crippen LogP contribution in [0.3, 0.4) is 0 Å². The average molecular weight is 230 g/mol. The van der Waals surface area contributed by atoms with Crippen LogP contribution in [0.1, 0.15) is 15.9 Å². The lowest BCUT2D eigenvalue weighted by Gasteiger charge is -2.09. The molecule has 5 heteroatoms. The summed E-state index contributed by atoms with van der Waals surface area (Å²) in [6.45, 7) is 1.83. The molecule has 2 aromatic rings. The Labute approximate surface area is 97.7 Å². The van der Waals surface area contributed by atoms with Gasteiger partial charge >= 0.3 is 5.97 Å². The fourth-order valence-corrected chi connectivity index (χ4v) is 1.33. The number of aromatic nitrogens is 2. The van der Waals surface area contributed by atoms with Crippen molar-refractivity contribution in [2.24, 2.45) is 0 Å². The summed E-state index contributed by atoms with van der Waals surface area (Å²) in [5.74, 6) is -0.265. The summed E-state index contributed by atoms with van der Waals surface area (Å²) in [5.41, 5.74) is 0.906. The third kappa shape index (κ3) is 2.39. The number of aryl methyl sites for hydroxylation is 1. The lowest BCUT2D eigenvalue weighted by Crippen LogP contribution is -2.01. The van der Waals surface area contributed by atoms with Crippen LogP contribution in [0, 0.1) is 6.92 Å². The van der Waals surface area contributed by atoms with Crippen molar-refractivity contribution in [3.8, 4) is 11.5 Å². The highest BCUT2D eigenvalue weighted by Crippen LogP contribution is 2.26. The van der Waals surface area contributed by atoms with E-state index in [2.05, 4.69) is 9.97 Å². The molecular formula is C12H10N2O3. The molecule has 0 aliphatic carbocycles. The molecule has 0 amide bonds. The molecule has 1 N–H and O–H groups in total. The zero-order chi connectivity index (χ0) is 12.3. The first-order valence-corrected chi connectivity index (χ1v) is 4.94. The molecule has 17 heavy (non-hydrogen) atoms. The van der Waals surface area contributed by atoms with Crippen molar-refractivity contribution in [1.29, 1.82) is 0 Å². The summed E-state index contributed by atoms with van der Waals surface area (Å²) in [4.78, 5) is 18.8. The molecule has 86 valence electrons. The topological polar surface area (TPSA) is 72.3 Å². The highest BCUT2D eigenvalue weighted by molar-refractivity contribution is 5.90. The average Bonchev–Trinajstić information content (AvgIpc) is 2.32. The van der Waals surface area contributed by atoms with E-state index in [1.54, 1.807) is 18.5 Å². The van der Waals surface area contributed by atoms with Crippen molar-refractivity contribution in [3.63, 3.8) is 0 Å². The largest absolute Gasteiger partial charge is 0.478 e. The van der Waals surface area contributed by atoms with Crippen LogP contribution >= 0.6 is 0 Å². The molecule has 0 aliphatic rings. The summed E-state index contributed by atoms with van der Waals surface area (Å²) in [7, 11) is 0. The smallest absolute Gasteiger partial charge is 0.339 e. The number of nitrogens with zero attached hydrogens (tertiary/aromatic N) is 2. The summed E-state index contributed by atoms with van der Waals surface area (Å²) in [6.07, 6.45) is 6.02. The Morgan fingerprint density at radius 3 is 2.59 bits per heavy atom. The first-order valence-electron chi connectivity index (χ1n) is 4.94. The van der Waals surface area contributed by atoms with Crippen LogP contribution in [0.25, 0.3) is 0 Å². The van der Waals surface area contributed by atoms with Gasteiger partial charge in [-0.05, 0) is 19.1 Å². The van der Waals surface area contributed by atoms with Gasteiger partial charge in [-0.2, -0.15) is 0 Å². The molecule has 0 saturated carbocycles. The first kappa shape index (κ1) is 11.1. The van der Waals surface area contributed by atoms with Crippen LogP contribution in [0.15, 0.2) is 36.9 Å². The van der Waals surface area contributed by atoms with Crippen molar-refractivity contribution in [2.75, 3.05) is 0 Å². The van der Waals surface area contributed by atoms with Gasteiger partial charge in [-0.3, -0.25) is 9.97 Å². The summed E-state index contributed by atoms with van der Waals surface area (Å²) >= 11 is 0. The summed E-state index contributed by atoms with van der Waals surface area (Å²) < 4.78 is 5.52. The molecule has 0 unspecified atom stereocenters. The monoisotopic (exact) mass is 230 g/mol. The quantitative estimate of drug-likeness (QED) is 0.875. The molecule has 0 aromatic carbocycles. The van der Waals surface area contributed by atoms with Gasteiger partial charge in [0, 0.05) is 24.2 Å². The maximum Gasteiger partial charge on any atom is 0.339 e. The van der Waals surface area contributed by atoms with Gasteiger partial charge in [0.2, 0.25) is 0 Å². The van der Waals surface area contributed by atoms with Crippen molar-refractivity contribution in [2.45, 2.75) is 6.92 Å². The van der Waals surface area contributed by atoms with Crippen LogP contribution in [-0.4, -0.2) is 21.0 Å². The van der Waals surface area contributed by atoms with E-state index in [0.29, 0.717) is 5.75 Å². The Bertz CT molecular complexity index is 555. The van der Waals surface area contributed by atoms with E-state index in [0.717, 1.165) is 5.56 Å². The molecule has 0 atom stereocenters. The lowest BCUT2D eigenvalue weighted by molar-refractivity contribution is 0.0694. The molecular weight excluding hydrogens is 220 g/mol. The fraction of sp³-hybridized carbons (Fsp3) is 0.0833. The summed E-state index contributed by atoms with van der Waals surface area (Å²) in [6, 6.07) is 3.07. The second-order valence-corrected chi connectivity index (χ2v) is 3.42. The number of aromatic carboxylic acids is 1. The number of hydrogen-bond donors (Lipinski definition) is 1. The Morgan fingerprint density at radius 2 is 1.88 bits per heavy atom. The second kappa shape index (κ2) is 4.61. The van der Waals surface area contributed by atoms with Crippen LogP contribution in [0.5, 0.6) is 11.5 Å². The standard InChI is InChI=1S/C12H10N2O3/c1-8-6-13-5-3-10(8)17-11-7-14-4-2-9(11)12(15)16/h2-7H,1H3,(H,15,16). The van der Waals surface area contributed by atoms with Gasteiger partial charge in [0.15, 0.2) is 5.75 Å². The number of ether oxygens (including phenoxy) is 1. The molecule has 2 heterocycles. The van der Waals surface area contributed by atoms with Gasteiger partial charge in [0.25, 0.3) is 0 Å². The Morgan fingerprint density at radius 1 is 1.18 bits per heavy atom. The molecule has 0 radical (unpaired) electrons. The van der Waals surface area contributed by atoms with E-state index in [1.807, 2.05) is 6.92 Å².